The summed E-state index contributed by atoms with van der Waals surface area (Å²) in [5.74, 6) is 0. The molecule has 2 N–H and O–H groups in total. The molecule has 0 aromatic heterocycles. The molecule has 0 radical (unpaired) electrons. The lowest BCUT2D eigenvalue weighted by Crippen LogP contribution is -2.30. The zero-order chi connectivity index (χ0) is 14.8. The van der Waals surface area contributed by atoms with E-state index in [4.69, 9.17) is 34.8 Å². The Labute approximate surface area is 133 Å². The molecule has 0 fully saturated rings. The second-order valence-electron chi connectivity index (χ2n) is 4.74. The highest BCUT2D eigenvalue weighted by Crippen LogP contribution is 2.33. The number of hydrogen-bond donors (Lipinski definition) is 2. The fourth-order valence-corrected chi connectivity index (χ4v) is 2.44. The third-order valence-corrected chi connectivity index (χ3v) is 4.06. The van der Waals surface area contributed by atoms with Crippen LogP contribution < -0.4 is 5.32 Å². The van der Waals surface area contributed by atoms with Crippen molar-refractivity contribution in [3.8, 4) is 0 Å². The molecule has 2 rings (SSSR count). The third kappa shape index (κ3) is 3.58. The Morgan fingerprint density at radius 2 is 1.60 bits per heavy atom. The largest absolute Gasteiger partial charge is 0.384 e. The molecule has 0 saturated heterocycles. The van der Waals surface area contributed by atoms with E-state index in [1.54, 1.807) is 19.1 Å². The predicted octanol–water partition coefficient (Wildman–Crippen LogP) is 4.97. The first kappa shape index (κ1) is 15.5. The Morgan fingerprint density at radius 3 is 2.25 bits per heavy atom. The summed E-state index contributed by atoms with van der Waals surface area (Å²) in [6, 6.07) is 12.6. The molecule has 0 amide bonds. The standard InChI is InChI=1S/C15H14Cl3NO/c1-15(20,10-5-3-2-4-6-10)9-19-14-8-12(17)11(16)7-13(14)18/h2-8,19-20H,9H2,1H3. The molecule has 0 saturated carbocycles. The van der Waals surface area contributed by atoms with Gasteiger partial charge in [-0.1, -0.05) is 65.1 Å². The van der Waals surface area contributed by atoms with Crippen LogP contribution in [-0.4, -0.2) is 11.7 Å². The SMILES string of the molecule is CC(O)(CNc1cc(Cl)c(Cl)cc1Cl)c1ccccc1. The first-order valence-corrected chi connectivity index (χ1v) is 7.20. The summed E-state index contributed by atoms with van der Waals surface area (Å²) in [5.41, 5.74) is 0.442. The van der Waals surface area contributed by atoms with Crippen molar-refractivity contribution in [1.82, 2.24) is 0 Å². The maximum Gasteiger partial charge on any atom is 0.104 e. The molecule has 2 aromatic carbocycles. The summed E-state index contributed by atoms with van der Waals surface area (Å²) in [7, 11) is 0. The molecule has 0 bridgehead atoms. The van der Waals surface area contributed by atoms with Gasteiger partial charge in [-0.25, -0.2) is 0 Å². The van der Waals surface area contributed by atoms with Gasteiger partial charge in [0.25, 0.3) is 0 Å². The lowest BCUT2D eigenvalue weighted by molar-refractivity contribution is 0.0715. The molecule has 1 unspecified atom stereocenters. The smallest absolute Gasteiger partial charge is 0.104 e. The predicted molar refractivity (Wildman–Crippen MR) is 86.0 cm³/mol. The molecule has 5 heteroatoms. The highest BCUT2D eigenvalue weighted by molar-refractivity contribution is 6.44. The van der Waals surface area contributed by atoms with E-state index >= 15 is 0 Å². The summed E-state index contributed by atoms with van der Waals surface area (Å²) in [4.78, 5) is 0. The van der Waals surface area contributed by atoms with Gasteiger partial charge in [-0.2, -0.15) is 0 Å². The third-order valence-electron chi connectivity index (χ3n) is 3.03. The minimum Gasteiger partial charge on any atom is -0.384 e. The minimum atomic E-state index is -1.02. The van der Waals surface area contributed by atoms with Crippen molar-refractivity contribution < 1.29 is 5.11 Å². The fraction of sp³-hybridized carbons (Fsp3) is 0.200. The fourth-order valence-electron chi connectivity index (χ4n) is 1.82. The van der Waals surface area contributed by atoms with Crippen molar-refractivity contribution in [1.29, 1.82) is 0 Å². The van der Waals surface area contributed by atoms with E-state index in [2.05, 4.69) is 5.32 Å². The Bertz CT molecular complexity index is 600. The molecule has 106 valence electrons. The molecular formula is C15H14Cl3NO. The van der Waals surface area contributed by atoms with Crippen LogP contribution in [0.25, 0.3) is 0 Å². The Kier molecular flexibility index (Phi) is 4.82. The van der Waals surface area contributed by atoms with Crippen LogP contribution >= 0.6 is 34.8 Å². The van der Waals surface area contributed by atoms with E-state index in [-0.39, 0.29) is 0 Å². The highest BCUT2D eigenvalue weighted by Gasteiger charge is 2.22. The van der Waals surface area contributed by atoms with Gasteiger partial charge >= 0.3 is 0 Å². The monoisotopic (exact) mass is 329 g/mol. The van der Waals surface area contributed by atoms with Crippen LogP contribution in [0.4, 0.5) is 5.69 Å². The van der Waals surface area contributed by atoms with Gasteiger partial charge in [0.15, 0.2) is 0 Å². The molecule has 20 heavy (non-hydrogen) atoms. The topological polar surface area (TPSA) is 32.3 Å². The average Bonchev–Trinajstić information content (AvgIpc) is 2.42. The number of rotatable bonds is 4. The summed E-state index contributed by atoms with van der Waals surface area (Å²) >= 11 is 17.9. The summed E-state index contributed by atoms with van der Waals surface area (Å²) in [5, 5.41) is 14.9. The first-order valence-electron chi connectivity index (χ1n) is 6.06. The summed E-state index contributed by atoms with van der Waals surface area (Å²) < 4.78 is 0. The van der Waals surface area contributed by atoms with Crippen LogP contribution in [0.2, 0.25) is 15.1 Å². The zero-order valence-corrected chi connectivity index (χ0v) is 13.1. The summed E-state index contributed by atoms with van der Waals surface area (Å²) in [6.07, 6.45) is 0. The van der Waals surface area contributed by atoms with Gasteiger partial charge < -0.3 is 10.4 Å². The maximum absolute atomic E-state index is 10.5. The number of anilines is 1. The van der Waals surface area contributed by atoms with Gasteiger partial charge in [0.1, 0.15) is 5.60 Å². The Morgan fingerprint density at radius 1 is 1.00 bits per heavy atom. The van der Waals surface area contributed by atoms with Gasteiger partial charge in [0, 0.05) is 6.54 Å². The van der Waals surface area contributed by atoms with E-state index in [0.717, 1.165) is 5.56 Å². The van der Waals surface area contributed by atoms with Crippen LogP contribution in [0.1, 0.15) is 12.5 Å². The zero-order valence-electron chi connectivity index (χ0n) is 10.8. The average molecular weight is 331 g/mol. The van der Waals surface area contributed by atoms with E-state index < -0.39 is 5.60 Å². The second-order valence-corrected chi connectivity index (χ2v) is 5.96. The van der Waals surface area contributed by atoms with Gasteiger partial charge in [0.2, 0.25) is 0 Å². The number of nitrogens with one attached hydrogen (secondary N) is 1. The van der Waals surface area contributed by atoms with Crippen molar-refractivity contribution in [3.63, 3.8) is 0 Å². The lowest BCUT2D eigenvalue weighted by atomic mass is 9.96. The molecule has 0 heterocycles. The van der Waals surface area contributed by atoms with Crippen LogP contribution in [0.15, 0.2) is 42.5 Å². The van der Waals surface area contributed by atoms with Crippen molar-refractivity contribution in [2.45, 2.75) is 12.5 Å². The van der Waals surface area contributed by atoms with E-state index in [1.807, 2.05) is 30.3 Å². The highest BCUT2D eigenvalue weighted by atomic mass is 35.5. The van der Waals surface area contributed by atoms with E-state index in [1.165, 1.54) is 0 Å². The van der Waals surface area contributed by atoms with Gasteiger partial charge in [-0.15, -0.1) is 0 Å². The quantitative estimate of drug-likeness (QED) is 0.776. The molecule has 2 nitrogen and oxygen atoms in total. The van der Waals surface area contributed by atoms with Crippen LogP contribution in [0.3, 0.4) is 0 Å². The van der Waals surface area contributed by atoms with Gasteiger partial charge in [-0.3, -0.25) is 0 Å². The maximum atomic E-state index is 10.5. The number of halogens is 3. The molecular weight excluding hydrogens is 317 g/mol. The normalized spacial score (nSPS) is 13.8. The number of aliphatic hydroxyl groups is 1. The van der Waals surface area contributed by atoms with E-state index in [9.17, 15) is 5.11 Å². The molecule has 0 aliphatic heterocycles. The van der Waals surface area contributed by atoms with E-state index in [0.29, 0.717) is 27.3 Å². The number of benzene rings is 2. The minimum absolute atomic E-state index is 0.300. The van der Waals surface area contributed by atoms with Gasteiger partial charge in [-0.05, 0) is 24.6 Å². The second kappa shape index (κ2) is 6.23. The van der Waals surface area contributed by atoms with Crippen molar-refractivity contribution in [2.24, 2.45) is 0 Å². The van der Waals surface area contributed by atoms with Crippen LogP contribution in [-0.2, 0) is 5.60 Å². The van der Waals surface area contributed by atoms with Crippen molar-refractivity contribution >= 4 is 40.5 Å². The summed E-state index contributed by atoms with van der Waals surface area (Å²) in [6.45, 7) is 2.04. The molecule has 0 aliphatic rings. The van der Waals surface area contributed by atoms with Crippen LogP contribution in [0, 0.1) is 0 Å². The number of hydrogen-bond acceptors (Lipinski definition) is 2. The molecule has 0 aliphatic carbocycles. The van der Waals surface area contributed by atoms with Crippen molar-refractivity contribution in [2.75, 3.05) is 11.9 Å². The molecule has 1 atom stereocenters. The van der Waals surface area contributed by atoms with Crippen LogP contribution in [0.5, 0.6) is 0 Å². The van der Waals surface area contributed by atoms with Gasteiger partial charge in [0.05, 0.1) is 20.8 Å². The molecule has 0 spiro atoms. The van der Waals surface area contributed by atoms with Crippen molar-refractivity contribution in [3.05, 3.63) is 63.1 Å². The lowest BCUT2D eigenvalue weighted by Gasteiger charge is -2.25. The Hall–Kier alpha value is -0.930. The Balaban J connectivity index is 2.14. The molecule has 2 aromatic rings. The first-order chi connectivity index (χ1) is 9.40.